The molecule has 1 aromatic carbocycles. The van der Waals surface area contributed by atoms with E-state index in [2.05, 4.69) is 0 Å². The van der Waals surface area contributed by atoms with E-state index in [-0.39, 0.29) is 23.7 Å². The number of benzene rings is 1. The molecule has 1 fully saturated rings. The van der Waals surface area contributed by atoms with Crippen molar-refractivity contribution in [2.24, 2.45) is 0 Å². The van der Waals surface area contributed by atoms with Gasteiger partial charge in [-0.1, -0.05) is 12.1 Å². The van der Waals surface area contributed by atoms with Crippen LogP contribution >= 0.6 is 0 Å². The molecule has 0 radical (unpaired) electrons. The van der Waals surface area contributed by atoms with Gasteiger partial charge >= 0.3 is 12.5 Å². The lowest BCUT2D eigenvalue weighted by molar-refractivity contribution is -0.237. The van der Waals surface area contributed by atoms with Gasteiger partial charge in [-0.05, 0) is 12.1 Å². The van der Waals surface area contributed by atoms with Gasteiger partial charge in [-0.2, -0.15) is 31.2 Å². The van der Waals surface area contributed by atoms with E-state index in [1.165, 1.54) is 18.2 Å². The Balaban J connectivity index is 2.25. The van der Waals surface area contributed by atoms with Crippen molar-refractivity contribution in [2.75, 3.05) is 24.7 Å². The summed E-state index contributed by atoms with van der Waals surface area (Å²) in [5.41, 5.74) is -1.14. The summed E-state index contributed by atoms with van der Waals surface area (Å²) in [6, 6.07) is 4.64. The fourth-order valence-electron chi connectivity index (χ4n) is 1.98. The molecule has 1 aliphatic heterocycles. The number of alkyl halides is 6. The van der Waals surface area contributed by atoms with Crippen molar-refractivity contribution in [3.05, 3.63) is 29.8 Å². The molecule has 0 N–H and O–H groups in total. The van der Waals surface area contributed by atoms with Crippen LogP contribution in [-0.2, 0) is 6.18 Å². The Labute approximate surface area is 105 Å². The summed E-state index contributed by atoms with van der Waals surface area (Å²) in [6.45, 7) is -1.01. The van der Waals surface area contributed by atoms with E-state index in [9.17, 15) is 26.3 Å². The summed E-state index contributed by atoms with van der Waals surface area (Å²) in [4.78, 5) is 1.26. The normalized spacial score (nSPS) is 18.1. The third-order valence-electron chi connectivity index (χ3n) is 2.89. The summed E-state index contributed by atoms with van der Waals surface area (Å²) >= 11 is 0. The molecule has 1 saturated heterocycles. The second-order valence-corrected chi connectivity index (χ2v) is 4.15. The Hall–Kier alpha value is -1.44. The maximum Gasteiger partial charge on any atom is 0.461 e. The fraction of sp³-hybridized carbons (Fsp3) is 0.455. The summed E-state index contributed by atoms with van der Waals surface area (Å²) in [7, 11) is 0. The van der Waals surface area contributed by atoms with Crippen molar-refractivity contribution in [3.8, 4) is 0 Å². The van der Waals surface area contributed by atoms with Crippen molar-refractivity contribution in [2.45, 2.75) is 12.5 Å². The molecule has 0 aromatic heterocycles. The monoisotopic (exact) mass is 284 g/mol. The lowest BCUT2D eigenvalue weighted by Crippen LogP contribution is -2.37. The van der Waals surface area contributed by atoms with Gasteiger partial charge < -0.3 is 4.90 Å². The van der Waals surface area contributed by atoms with Gasteiger partial charge in [0.15, 0.2) is 0 Å². The highest BCUT2D eigenvalue weighted by molar-refractivity contribution is 5.55. The minimum atomic E-state index is -4.58. The number of anilines is 1. The van der Waals surface area contributed by atoms with Crippen LogP contribution < -0.4 is 4.90 Å². The molecule has 0 aliphatic carbocycles. The highest BCUT2D eigenvalue weighted by atomic mass is 19.4. The first kappa shape index (κ1) is 14.0. The van der Waals surface area contributed by atoms with E-state index in [4.69, 9.17) is 0 Å². The van der Waals surface area contributed by atoms with E-state index in [1.54, 1.807) is 0 Å². The van der Waals surface area contributed by atoms with Crippen LogP contribution in [0, 0.1) is 0 Å². The van der Waals surface area contributed by atoms with Crippen molar-refractivity contribution in [1.82, 2.24) is 4.90 Å². The fourth-order valence-corrected chi connectivity index (χ4v) is 1.98. The average Bonchev–Trinajstić information content (AvgIpc) is 2.76. The maximum absolute atomic E-state index is 12.8. The van der Waals surface area contributed by atoms with Crippen LogP contribution in [0.3, 0.4) is 0 Å². The van der Waals surface area contributed by atoms with Crippen LogP contribution in [0.2, 0.25) is 0 Å². The Morgan fingerprint density at radius 2 is 1.53 bits per heavy atom. The second-order valence-electron chi connectivity index (χ2n) is 4.15. The number of para-hydroxylation sites is 1. The zero-order valence-corrected chi connectivity index (χ0v) is 9.59. The lowest BCUT2D eigenvalue weighted by atomic mass is 10.1. The molecule has 8 heteroatoms. The summed E-state index contributed by atoms with van der Waals surface area (Å²) < 4.78 is 75.7. The molecule has 0 unspecified atom stereocenters. The molecule has 2 nitrogen and oxygen atoms in total. The first-order chi connectivity index (χ1) is 8.69. The molecular formula is C11H10F6N2. The van der Waals surface area contributed by atoms with Crippen molar-refractivity contribution < 1.29 is 26.3 Å². The van der Waals surface area contributed by atoms with Crippen LogP contribution in [0.25, 0.3) is 0 Å². The van der Waals surface area contributed by atoms with Crippen LogP contribution in [0.5, 0.6) is 0 Å². The molecule has 19 heavy (non-hydrogen) atoms. The summed E-state index contributed by atoms with van der Waals surface area (Å²) in [6.07, 6.45) is -9.11. The van der Waals surface area contributed by atoms with Crippen LogP contribution in [0.15, 0.2) is 24.3 Å². The van der Waals surface area contributed by atoms with E-state index in [0.29, 0.717) is 0 Å². The van der Waals surface area contributed by atoms with Gasteiger partial charge in [0, 0.05) is 13.1 Å². The Kier molecular flexibility index (Phi) is 3.38. The van der Waals surface area contributed by atoms with E-state index in [1.807, 2.05) is 0 Å². The number of halogens is 6. The quantitative estimate of drug-likeness (QED) is 0.576. The first-order valence-electron chi connectivity index (χ1n) is 5.42. The van der Waals surface area contributed by atoms with Gasteiger partial charge in [0.1, 0.15) is 0 Å². The van der Waals surface area contributed by atoms with E-state index < -0.39 is 24.7 Å². The predicted octanol–water partition coefficient (Wildman–Crippen LogP) is 3.30. The molecule has 0 bridgehead atoms. The summed E-state index contributed by atoms with van der Waals surface area (Å²) in [5, 5.41) is 0. The highest BCUT2D eigenvalue weighted by Gasteiger charge is 2.43. The SMILES string of the molecule is FC(F)(F)c1ccccc1N1CCN(C(F)(F)F)C1. The third kappa shape index (κ3) is 2.94. The number of hydrogen-bond donors (Lipinski definition) is 0. The van der Waals surface area contributed by atoms with Crippen molar-refractivity contribution >= 4 is 5.69 Å². The smallest absolute Gasteiger partial charge is 0.356 e. The molecule has 1 heterocycles. The first-order valence-corrected chi connectivity index (χ1v) is 5.42. The molecule has 1 aromatic rings. The van der Waals surface area contributed by atoms with Crippen molar-refractivity contribution in [3.63, 3.8) is 0 Å². The Bertz CT molecular complexity index is 453. The van der Waals surface area contributed by atoms with E-state index >= 15 is 0 Å². The standard InChI is InChI=1S/C11H10F6N2/c12-10(13,14)8-3-1-2-4-9(8)18-5-6-19(7-18)11(15,16)17/h1-4H,5-7H2. The third-order valence-corrected chi connectivity index (χ3v) is 2.89. The van der Waals surface area contributed by atoms with Crippen LogP contribution in [0.4, 0.5) is 32.0 Å². The molecular weight excluding hydrogens is 274 g/mol. The number of nitrogens with zero attached hydrogens (tertiary/aromatic N) is 2. The van der Waals surface area contributed by atoms with Crippen LogP contribution in [-0.4, -0.2) is 31.0 Å². The van der Waals surface area contributed by atoms with Crippen molar-refractivity contribution in [1.29, 1.82) is 0 Å². The molecule has 106 valence electrons. The van der Waals surface area contributed by atoms with Gasteiger partial charge in [-0.3, -0.25) is 0 Å². The van der Waals surface area contributed by atoms with Gasteiger partial charge in [0.2, 0.25) is 0 Å². The van der Waals surface area contributed by atoms with Gasteiger partial charge in [0.25, 0.3) is 0 Å². The minimum absolute atomic E-state index is 0.0907. The predicted molar refractivity (Wildman–Crippen MR) is 56.4 cm³/mol. The highest BCUT2D eigenvalue weighted by Crippen LogP contribution is 2.38. The van der Waals surface area contributed by atoms with Gasteiger partial charge in [0.05, 0.1) is 17.9 Å². The largest absolute Gasteiger partial charge is 0.461 e. The number of hydrogen-bond acceptors (Lipinski definition) is 2. The molecule has 0 atom stereocenters. The van der Waals surface area contributed by atoms with E-state index in [0.717, 1.165) is 11.0 Å². The van der Waals surface area contributed by atoms with Gasteiger partial charge in [-0.15, -0.1) is 0 Å². The molecule has 1 aliphatic rings. The zero-order chi connectivity index (χ0) is 14.3. The molecule has 0 spiro atoms. The maximum atomic E-state index is 12.8. The molecule has 2 rings (SSSR count). The topological polar surface area (TPSA) is 6.48 Å². The summed E-state index contributed by atoms with van der Waals surface area (Å²) in [5.74, 6) is 0. The average molecular weight is 284 g/mol. The lowest BCUT2D eigenvalue weighted by Gasteiger charge is -2.24. The molecule has 0 saturated carbocycles. The Morgan fingerprint density at radius 3 is 2.05 bits per heavy atom. The second kappa shape index (κ2) is 4.59. The molecule has 0 amide bonds. The van der Waals surface area contributed by atoms with Gasteiger partial charge in [-0.25, -0.2) is 0 Å². The Morgan fingerprint density at radius 1 is 0.895 bits per heavy atom. The minimum Gasteiger partial charge on any atom is -0.356 e. The number of rotatable bonds is 1. The van der Waals surface area contributed by atoms with Crippen LogP contribution in [0.1, 0.15) is 5.56 Å². The zero-order valence-electron chi connectivity index (χ0n) is 9.59.